The minimum Gasteiger partial charge on any atom is -0.483 e. The van der Waals surface area contributed by atoms with Crippen LogP contribution in [0.25, 0.3) is 22.2 Å². The van der Waals surface area contributed by atoms with Gasteiger partial charge in [0.25, 0.3) is 12.4 Å². The second kappa shape index (κ2) is 11.1. The molecule has 1 fully saturated rings. The predicted octanol–water partition coefficient (Wildman–Crippen LogP) is 2.74. The number of hydrogen-bond acceptors (Lipinski definition) is 8. The van der Waals surface area contributed by atoms with E-state index in [0.29, 0.717) is 37.6 Å². The van der Waals surface area contributed by atoms with E-state index in [1.54, 1.807) is 24.5 Å². The van der Waals surface area contributed by atoms with Gasteiger partial charge >= 0.3 is 0 Å². The minimum absolute atomic E-state index is 0.155. The minimum atomic E-state index is -2.94. The molecule has 12 heteroatoms. The number of aromatic amines is 1. The van der Waals surface area contributed by atoms with Gasteiger partial charge in [-0.2, -0.15) is 0 Å². The van der Waals surface area contributed by atoms with Crippen LogP contribution in [0.4, 0.5) is 5.69 Å². The van der Waals surface area contributed by atoms with Gasteiger partial charge in [-0.25, -0.2) is 18.4 Å². The van der Waals surface area contributed by atoms with E-state index in [9.17, 15) is 13.2 Å². The van der Waals surface area contributed by atoms with Crippen LogP contribution in [0, 0.1) is 0 Å². The molecule has 0 aliphatic carbocycles. The van der Waals surface area contributed by atoms with E-state index in [-0.39, 0.29) is 23.9 Å². The van der Waals surface area contributed by atoms with Crippen molar-refractivity contribution in [3.8, 4) is 11.1 Å². The average Bonchev–Trinajstić information content (AvgIpc) is 3.60. The second-order valence-corrected chi connectivity index (χ2v) is 11.5. The van der Waals surface area contributed by atoms with Gasteiger partial charge in [-0.15, -0.1) is 0 Å². The largest absolute Gasteiger partial charge is 0.483 e. The first kappa shape index (κ1) is 26.2. The summed E-state index contributed by atoms with van der Waals surface area (Å²) in [5, 5.41) is 10.9. The Morgan fingerprint density at radius 2 is 1.95 bits per heavy atom. The number of pyridine rings is 2. The van der Waals surface area contributed by atoms with Crippen molar-refractivity contribution in [2.24, 2.45) is 4.99 Å². The molecule has 2 aliphatic rings. The van der Waals surface area contributed by atoms with E-state index in [0.717, 1.165) is 39.0 Å². The molecule has 0 bridgehead atoms. The number of aliphatic imine (C=N–C) groups is 1. The molecule has 0 unspecified atom stereocenters. The van der Waals surface area contributed by atoms with Crippen LogP contribution >= 0.6 is 0 Å². The molecule has 5 heterocycles. The van der Waals surface area contributed by atoms with Gasteiger partial charge in [0.15, 0.2) is 9.84 Å². The van der Waals surface area contributed by atoms with Gasteiger partial charge in [-0.1, -0.05) is 6.07 Å². The predicted molar refractivity (Wildman–Crippen MR) is 148 cm³/mol. The number of nitrogens with one attached hydrogen (secondary N) is 2. The standard InChI is InChI=1S/C26H24N6O3S.CH2O2/c33-26(23-3-1-2-19(30-23)16-32-8-10-36(34,35)11-9-32)31-24-13-17(12-18-14-27-15-22(18)24)20-4-6-28-25-21(20)5-7-29-25;2-1-3/h1-7,12-13,15H,8-11,14,16H2,(H,28,29)(H,31,33);1H,(H,2,3). The number of carbonyl (C=O) groups excluding carboxylic acids is 1. The molecule has 2 aliphatic heterocycles. The molecule has 3 N–H and O–H groups in total. The Bertz CT molecular complexity index is 1670. The maximum Gasteiger partial charge on any atom is 0.290 e. The monoisotopic (exact) mass is 546 g/mol. The first-order valence-electron chi connectivity index (χ1n) is 12.2. The molecule has 3 aromatic heterocycles. The molecule has 0 atom stereocenters. The Labute approximate surface area is 224 Å². The summed E-state index contributed by atoms with van der Waals surface area (Å²) in [6.07, 6.45) is 5.42. The molecule has 0 saturated carbocycles. The van der Waals surface area contributed by atoms with Gasteiger partial charge in [0.2, 0.25) is 0 Å². The number of benzene rings is 1. The summed E-state index contributed by atoms with van der Waals surface area (Å²) >= 11 is 0. The maximum atomic E-state index is 13.2. The Kier molecular flexibility index (Phi) is 7.48. The molecule has 1 saturated heterocycles. The van der Waals surface area contributed by atoms with E-state index in [1.165, 1.54) is 0 Å². The smallest absolute Gasteiger partial charge is 0.290 e. The van der Waals surface area contributed by atoms with Crippen LogP contribution in [0.15, 0.2) is 59.9 Å². The first-order valence-corrected chi connectivity index (χ1v) is 14.1. The van der Waals surface area contributed by atoms with E-state index in [4.69, 9.17) is 9.90 Å². The molecule has 6 rings (SSSR count). The molecular formula is C27H26N6O5S. The van der Waals surface area contributed by atoms with Crippen molar-refractivity contribution in [2.45, 2.75) is 13.1 Å². The SMILES string of the molecule is O=C(Nc1cc(-c2ccnc3[nH]ccc23)cc2c1C=NC2)c1cccc(CN2CCS(=O)(=O)CC2)n1.O=CO. The molecule has 0 radical (unpaired) electrons. The van der Waals surface area contributed by atoms with E-state index < -0.39 is 9.84 Å². The fraction of sp³-hybridized carbons (Fsp3) is 0.222. The van der Waals surface area contributed by atoms with Crippen LogP contribution < -0.4 is 5.32 Å². The Hall–Kier alpha value is -4.42. The van der Waals surface area contributed by atoms with Crippen LogP contribution in [-0.2, 0) is 27.7 Å². The Balaban J connectivity index is 0.000000983. The van der Waals surface area contributed by atoms with Crippen LogP contribution in [0.3, 0.4) is 0 Å². The van der Waals surface area contributed by atoms with E-state index in [2.05, 4.69) is 31.3 Å². The number of hydrogen-bond donors (Lipinski definition) is 3. The van der Waals surface area contributed by atoms with Gasteiger partial charge < -0.3 is 15.4 Å². The molecule has 0 spiro atoms. The summed E-state index contributed by atoms with van der Waals surface area (Å²) in [5.74, 6) is 0.00469. The fourth-order valence-electron chi connectivity index (χ4n) is 4.72. The lowest BCUT2D eigenvalue weighted by molar-refractivity contribution is -0.122. The number of nitrogens with zero attached hydrogens (tertiary/aromatic N) is 4. The van der Waals surface area contributed by atoms with Crippen molar-refractivity contribution < 1.29 is 23.1 Å². The van der Waals surface area contributed by atoms with Gasteiger partial charge in [-0.3, -0.25) is 19.5 Å². The van der Waals surface area contributed by atoms with Crippen molar-refractivity contribution in [1.29, 1.82) is 0 Å². The number of aromatic nitrogens is 3. The fourth-order valence-corrected chi connectivity index (χ4v) is 6.00. The third-order valence-corrected chi connectivity index (χ3v) is 8.24. The van der Waals surface area contributed by atoms with E-state index >= 15 is 0 Å². The zero-order valence-corrected chi connectivity index (χ0v) is 21.7. The molecular weight excluding hydrogens is 520 g/mol. The van der Waals surface area contributed by atoms with Crippen molar-refractivity contribution in [3.05, 3.63) is 77.4 Å². The number of amides is 1. The topological polar surface area (TPSA) is 158 Å². The van der Waals surface area contributed by atoms with Gasteiger partial charge in [0.1, 0.15) is 11.3 Å². The number of carboxylic acid groups (broad SMARTS) is 1. The van der Waals surface area contributed by atoms with E-state index in [1.807, 2.05) is 35.4 Å². The molecule has 39 heavy (non-hydrogen) atoms. The highest BCUT2D eigenvalue weighted by atomic mass is 32.2. The average molecular weight is 547 g/mol. The maximum absolute atomic E-state index is 13.2. The summed E-state index contributed by atoms with van der Waals surface area (Å²) in [6, 6.07) is 13.4. The van der Waals surface area contributed by atoms with Gasteiger partial charge in [-0.05, 0) is 53.1 Å². The lowest BCUT2D eigenvalue weighted by Gasteiger charge is -2.26. The summed E-state index contributed by atoms with van der Waals surface area (Å²) in [6.45, 7) is 1.76. The van der Waals surface area contributed by atoms with Crippen LogP contribution in [0.5, 0.6) is 0 Å². The lowest BCUT2D eigenvalue weighted by atomic mass is 9.97. The highest BCUT2D eigenvalue weighted by molar-refractivity contribution is 7.91. The first-order chi connectivity index (χ1) is 18.9. The summed E-state index contributed by atoms with van der Waals surface area (Å²) in [7, 11) is -2.94. The highest BCUT2D eigenvalue weighted by Crippen LogP contribution is 2.34. The Morgan fingerprint density at radius 1 is 1.15 bits per heavy atom. The zero-order valence-electron chi connectivity index (χ0n) is 20.9. The number of anilines is 1. The van der Waals surface area contributed by atoms with Gasteiger partial charge in [0.05, 0.1) is 29.4 Å². The summed E-state index contributed by atoms with van der Waals surface area (Å²) in [5.41, 5.74) is 6.47. The second-order valence-electron chi connectivity index (χ2n) is 9.17. The molecule has 1 aromatic carbocycles. The van der Waals surface area contributed by atoms with Crippen molar-refractivity contribution >= 4 is 45.2 Å². The quantitative estimate of drug-likeness (QED) is 0.323. The number of rotatable bonds is 5. The summed E-state index contributed by atoms with van der Waals surface area (Å²) in [4.78, 5) is 40.1. The van der Waals surface area contributed by atoms with Crippen LogP contribution in [-0.4, -0.2) is 76.6 Å². The van der Waals surface area contributed by atoms with Crippen LogP contribution in [0.2, 0.25) is 0 Å². The van der Waals surface area contributed by atoms with Crippen molar-refractivity contribution in [3.63, 3.8) is 0 Å². The van der Waals surface area contributed by atoms with Crippen LogP contribution in [0.1, 0.15) is 27.3 Å². The Morgan fingerprint density at radius 3 is 2.74 bits per heavy atom. The molecule has 11 nitrogen and oxygen atoms in total. The van der Waals surface area contributed by atoms with Crippen molar-refractivity contribution in [1.82, 2.24) is 19.9 Å². The van der Waals surface area contributed by atoms with Gasteiger partial charge in [0, 0.05) is 49.2 Å². The third-order valence-electron chi connectivity index (χ3n) is 6.63. The molecule has 1 amide bonds. The lowest BCUT2D eigenvalue weighted by Crippen LogP contribution is -2.39. The zero-order chi connectivity index (χ0) is 27.4. The number of H-pyrrole nitrogens is 1. The third kappa shape index (κ3) is 5.86. The van der Waals surface area contributed by atoms with Crippen molar-refractivity contribution in [2.75, 3.05) is 29.9 Å². The molecule has 4 aromatic rings. The number of sulfone groups is 1. The number of carbonyl (C=O) groups is 2. The number of fused-ring (bicyclic) bond motifs is 2. The summed E-state index contributed by atoms with van der Waals surface area (Å²) < 4.78 is 23.4. The molecule has 200 valence electrons. The normalized spacial score (nSPS) is 15.8. The highest BCUT2D eigenvalue weighted by Gasteiger charge is 2.22.